The lowest BCUT2D eigenvalue weighted by atomic mass is 10.0. The molecule has 66 valence electrons. The van der Waals surface area contributed by atoms with Gasteiger partial charge in [-0.1, -0.05) is 13.3 Å². The smallest absolute Gasteiger partial charge is 0.00791 e. The summed E-state index contributed by atoms with van der Waals surface area (Å²) < 4.78 is 0. The third-order valence-corrected chi connectivity index (χ3v) is 4.02. The second-order valence-corrected chi connectivity index (χ2v) is 5.38. The van der Waals surface area contributed by atoms with Crippen molar-refractivity contribution in [2.45, 2.75) is 39.0 Å². The molecule has 2 unspecified atom stereocenters. The van der Waals surface area contributed by atoms with E-state index in [1.807, 2.05) is 11.3 Å². The first-order valence-corrected chi connectivity index (χ1v) is 5.63. The molecule has 2 rings (SSSR count). The van der Waals surface area contributed by atoms with Gasteiger partial charge in [0.1, 0.15) is 0 Å². The minimum atomic E-state index is 0.888. The molecule has 1 aromatic rings. The van der Waals surface area contributed by atoms with Gasteiger partial charge in [0, 0.05) is 9.75 Å². The molecule has 0 amide bonds. The lowest BCUT2D eigenvalue weighted by molar-refractivity contribution is 0.599. The first kappa shape index (κ1) is 8.31. The molecule has 2 atom stereocenters. The predicted molar refractivity (Wildman–Crippen MR) is 54.8 cm³/mol. The zero-order chi connectivity index (χ0) is 8.55. The average molecular weight is 180 g/mol. The second kappa shape index (κ2) is 3.21. The van der Waals surface area contributed by atoms with Gasteiger partial charge in [0.15, 0.2) is 0 Å². The number of rotatable bonds is 1. The maximum atomic E-state index is 2.38. The van der Waals surface area contributed by atoms with Crippen molar-refractivity contribution in [1.29, 1.82) is 0 Å². The molecule has 1 heteroatoms. The van der Waals surface area contributed by atoms with Crippen LogP contribution in [-0.2, 0) is 0 Å². The van der Waals surface area contributed by atoms with Gasteiger partial charge in [0.2, 0.25) is 0 Å². The van der Waals surface area contributed by atoms with Crippen LogP contribution >= 0.6 is 11.3 Å². The van der Waals surface area contributed by atoms with Gasteiger partial charge in [0.25, 0.3) is 0 Å². The van der Waals surface area contributed by atoms with Crippen molar-refractivity contribution in [2.24, 2.45) is 5.92 Å². The van der Waals surface area contributed by atoms with Gasteiger partial charge in [-0.25, -0.2) is 0 Å². The van der Waals surface area contributed by atoms with E-state index in [4.69, 9.17) is 0 Å². The molecule has 1 aliphatic rings. The molecule has 1 fully saturated rings. The number of hydrogen-bond donors (Lipinski definition) is 0. The largest absolute Gasteiger partial charge is 0.145 e. The number of thiophene rings is 1. The van der Waals surface area contributed by atoms with Crippen LogP contribution in [0.2, 0.25) is 0 Å². The Morgan fingerprint density at radius 2 is 2.17 bits per heavy atom. The summed E-state index contributed by atoms with van der Waals surface area (Å²) >= 11 is 1.99. The molecular weight excluding hydrogens is 164 g/mol. The quantitative estimate of drug-likeness (QED) is 0.613. The lowest BCUT2D eigenvalue weighted by Crippen LogP contribution is -1.88. The van der Waals surface area contributed by atoms with Crippen molar-refractivity contribution in [2.75, 3.05) is 0 Å². The van der Waals surface area contributed by atoms with Gasteiger partial charge < -0.3 is 0 Å². The Morgan fingerprint density at radius 1 is 1.33 bits per heavy atom. The van der Waals surface area contributed by atoms with Crippen molar-refractivity contribution in [3.05, 3.63) is 21.9 Å². The van der Waals surface area contributed by atoms with E-state index in [0.29, 0.717) is 0 Å². The fraction of sp³-hybridized carbons (Fsp3) is 0.636. The Balaban J connectivity index is 2.11. The van der Waals surface area contributed by atoms with E-state index < -0.39 is 0 Å². The normalized spacial score (nSPS) is 29.5. The zero-order valence-corrected chi connectivity index (χ0v) is 8.66. The monoisotopic (exact) mass is 180 g/mol. The molecule has 0 saturated heterocycles. The molecule has 0 aliphatic heterocycles. The van der Waals surface area contributed by atoms with Crippen LogP contribution < -0.4 is 0 Å². The number of hydrogen-bond acceptors (Lipinski definition) is 1. The van der Waals surface area contributed by atoms with Crippen LogP contribution in [0.15, 0.2) is 12.1 Å². The summed E-state index contributed by atoms with van der Waals surface area (Å²) in [6.45, 7) is 4.58. The van der Waals surface area contributed by atoms with Gasteiger partial charge in [-0.2, -0.15) is 0 Å². The molecule has 1 saturated carbocycles. The Kier molecular flexibility index (Phi) is 2.22. The summed E-state index contributed by atoms with van der Waals surface area (Å²) in [4.78, 5) is 3.08. The Bertz CT molecular complexity index is 262. The highest BCUT2D eigenvalue weighted by Gasteiger charge is 2.23. The van der Waals surface area contributed by atoms with Gasteiger partial charge >= 0.3 is 0 Å². The summed E-state index contributed by atoms with van der Waals surface area (Å²) in [6.07, 6.45) is 4.27. The second-order valence-electron chi connectivity index (χ2n) is 4.06. The molecule has 1 aliphatic carbocycles. The SMILES string of the molecule is Cc1ccc(C2CCC(C)C2)s1. The fourth-order valence-corrected chi connectivity index (χ4v) is 3.16. The van der Waals surface area contributed by atoms with Crippen LogP contribution in [-0.4, -0.2) is 0 Å². The molecular formula is C11H16S. The third-order valence-electron chi connectivity index (χ3n) is 2.86. The number of aryl methyl sites for hydroxylation is 1. The Morgan fingerprint density at radius 3 is 2.67 bits per heavy atom. The Hall–Kier alpha value is -0.300. The van der Waals surface area contributed by atoms with Crippen LogP contribution in [0.4, 0.5) is 0 Å². The fourth-order valence-electron chi connectivity index (χ4n) is 2.14. The van der Waals surface area contributed by atoms with E-state index in [9.17, 15) is 0 Å². The minimum absolute atomic E-state index is 0.888. The van der Waals surface area contributed by atoms with Crippen LogP contribution in [0.5, 0.6) is 0 Å². The van der Waals surface area contributed by atoms with Gasteiger partial charge in [-0.05, 0) is 43.7 Å². The first-order valence-electron chi connectivity index (χ1n) is 4.82. The molecule has 0 N–H and O–H groups in total. The van der Waals surface area contributed by atoms with Crippen molar-refractivity contribution >= 4 is 11.3 Å². The van der Waals surface area contributed by atoms with Gasteiger partial charge in [-0.15, -0.1) is 11.3 Å². The standard InChI is InChI=1S/C11H16S/c1-8-3-5-10(7-8)11-6-4-9(2)12-11/h4,6,8,10H,3,5,7H2,1-2H3. The van der Waals surface area contributed by atoms with E-state index >= 15 is 0 Å². The molecule has 0 nitrogen and oxygen atoms in total. The first-order chi connectivity index (χ1) is 5.75. The minimum Gasteiger partial charge on any atom is -0.145 e. The van der Waals surface area contributed by atoms with Crippen molar-refractivity contribution in [3.63, 3.8) is 0 Å². The third kappa shape index (κ3) is 1.56. The summed E-state index contributed by atoms with van der Waals surface area (Å²) in [5.41, 5.74) is 0. The van der Waals surface area contributed by atoms with E-state index in [1.54, 1.807) is 4.88 Å². The maximum Gasteiger partial charge on any atom is 0.00791 e. The average Bonchev–Trinajstić information content (AvgIpc) is 2.58. The highest BCUT2D eigenvalue weighted by molar-refractivity contribution is 7.12. The summed E-state index contributed by atoms with van der Waals surface area (Å²) in [7, 11) is 0. The summed E-state index contributed by atoms with van der Waals surface area (Å²) in [5, 5.41) is 0. The van der Waals surface area contributed by atoms with Crippen molar-refractivity contribution in [3.8, 4) is 0 Å². The van der Waals surface area contributed by atoms with E-state index in [0.717, 1.165) is 11.8 Å². The maximum absolute atomic E-state index is 2.38. The molecule has 1 aromatic heterocycles. The summed E-state index contributed by atoms with van der Waals surface area (Å²) in [5.74, 6) is 1.84. The van der Waals surface area contributed by atoms with Crippen molar-refractivity contribution in [1.82, 2.24) is 0 Å². The van der Waals surface area contributed by atoms with Crippen LogP contribution in [0.1, 0.15) is 41.9 Å². The highest BCUT2D eigenvalue weighted by atomic mass is 32.1. The highest BCUT2D eigenvalue weighted by Crippen LogP contribution is 2.40. The topological polar surface area (TPSA) is 0 Å². The molecule has 0 aromatic carbocycles. The lowest BCUT2D eigenvalue weighted by Gasteiger charge is -2.05. The van der Waals surface area contributed by atoms with Crippen LogP contribution in [0.25, 0.3) is 0 Å². The van der Waals surface area contributed by atoms with E-state index in [-0.39, 0.29) is 0 Å². The van der Waals surface area contributed by atoms with Gasteiger partial charge in [0.05, 0.1) is 0 Å². The van der Waals surface area contributed by atoms with E-state index in [2.05, 4.69) is 26.0 Å². The van der Waals surface area contributed by atoms with E-state index in [1.165, 1.54) is 24.1 Å². The molecule has 1 heterocycles. The molecule has 0 bridgehead atoms. The molecule has 0 radical (unpaired) electrons. The van der Waals surface area contributed by atoms with Gasteiger partial charge in [-0.3, -0.25) is 0 Å². The summed E-state index contributed by atoms with van der Waals surface area (Å²) in [6, 6.07) is 4.58. The van der Waals surface area contributed by atoms with Crippen molar-refractivity contribution < 1.29 is 0 Å². The zero-order valence-electron chi connectivity index (χ0n) is 7.84. The molecule has 12 heavy (non-hydrogen) atoms. The van der Waals surface area contributed by atoms with Crippen LogP contribution in [0, 0.1) is 12.8 Å². The van der Waals surface area contributed by atoms with Crippen LogP contribution in [0.3, 0.4) is 0 Å². The molecule has 0 spiro atoms. The predicted octanol–water partition coefficient (Wildman–Crippen LogP) is 3.96. The Labute approximate surface area is 78.6 Å².